The van der Waals surface area contributed by atoms with E-state index < -0.39 is 47.8 Å². The van der Waals surface area contributed by atoms with E-state index in [0.717, 1.165) is 13.1 Å². The highest BCUT2D eigenvalue weighted by Crippen LogP contribution is 2.25. The van der Waals surface area contributed by atoms with Gasteiger partial charge >= 0.3 is 29.5 Å². The van der Waals surface area contributed by atoms with Gasteiger partial charge in [-0.2, -0.15) is 17.4 Å². The van der Waals surface area contributed by atoms with Crippen LogP contribution in [0.1, 0.15) is 26.3 Å². The number of fused-ring (bicyclic) bond motifs is 1. The largest absolute Gasteiger partial charge is 0.491 e. The van der Waals surface area contributed by atoms with E-state index in [4.69, 9.17) is 13.5 Å². The van der Waals surface area contributed by atoms with Crippen LogP contribution in [0.2, 0.25) is 0 Å². The summed E-state index contributed by atoms with van der Waals surface area (Å²) < 4.78 is 70.5. The van der Waals surface area contributed by atoms with Gasteiger partial charge in [0, 0.05) is 32.7 Å². The molecule has 1 aromatic carbocycles. The number of carbonyl (C=O) groups is 4. The van der Waals surface area contributed by atoms with E-state index >= 15 is 0 Å². The minimum absolute atomic E-state index is 0.0775. The van der Waals surface area contributed by atoms with Crippen molar-refractivity contribution in [3.05, 3.63) is 34.9 Å². The molecule has 0 bridgehead atoms. The molecular weight excluding hydrogens is 515 g/mol. The summed E-state index contributed by atoms with van der Waals surface area (Å²) in [5.41, 5.74) is 0.361. The van der Waals surface area contributed by atoms with Crippen LogP contribution in [0.3, 0.4) is 0 Å². The number of amides is 2. The molecule has 1 atom stereocenters. The summed E-state index contributed by atoms with van der Waals surface area (Å²) in [6.45, 7) is 2.46. The van der Waals surface area contributed by atoms with Crippen molar-refractivity contribution in [2.45, 2.75) is 12.7 Å². The molecule has 1 aromatic rings. The van der Waals surface area contributed by atoms with Crippen LogP contribution < -0.4 is 0 Å². The standard InChI is InChI=1S/C20H22F3N3O9S/c21-20(22,23)19(30)35-16(27)11-26-17(28)14-2-1-13(9-15(14)18(26)29)10-25(12-34-36(31)32)4-3-24-5-7-33-8-6-24/h1-2,9H,3-8,10-12H2,(H,31,32). The minimum Gasteiger partial charge on any atom is -0.385 e. The monoisotopic (exact) mass is 537 g/mol. The molecule has 2 heterocycles. The van der Waals surface area contributed by atoms with Gasteiger partial charge in [-0.15, -0.1) is 0 Å². The fourth-order valence-corrected chi connectivity index (χ4v) is 3.82. The second-order valence-corrected chi connectivity index (χ2v) is 8.48. The smallest absolute Gasteiger partial charge is 0.385 e. The van der Waals surface area contributed by atoms with Crippen LogP contribution in [-0.4, -0.2) is 106 Å². The predicted molar refractivity (Wildman–Crippen MR) is 113 cm³/mol. The number of hydrogen-bond acceptors (Lipinski definition) is 10. The SMILES string of the molecule is O=C(CN1C(=O)c2ccc(CN(CCN3CCOCC3)COS(=O)O)cc2C1=O)OC(=O)C(F)(F)F. The number of nitrogens with zero attached hydrogens (tertiary/aromatic N) is 3. The first-order chi connectivity index (χ1) is 17.0. The minimum atomic E-state index is -5.41. The normalized spacial score (nSPS) is 17.4. The molecule has 12 nitrogen and oxygen atoms in total. The maximum absolute atomic E-state index is 12.7. The third-order valence-electron chi connectivity index (χ3n) is 5.34. The average molecular weight is 537 g/mol. The van der Waals surface area contributed by atoms with Crippen molar-refractivity contribution in [1.82, 2.24) is 14.7 Å². The number of hydrogen-bond donors (Lipinski definition) is 1. The molecular formula is C20H22F3N3O9S. The molecule has 36 heavy (non-hydrogen) atoms. The lowest BCUT2D eigenvalue weighted by molar-refractivity contribution is -0.201. The molecule has 2 aliphatic rings. The van der Waals surface area contributed by atoms with Crippen molar-refractivity contribution >= 4 is 35.1 Å². The average Bonchev–Trinajstić information content (AvgIpc) is 3.05. The van der Waals surface area contributed by atoms with Crippen LogP contribution in [-0.2, 0) is 41.2 Å². The van der Waals surface area contributed by atoms with Gasteiger partial charge in [0.25, 0.3) is 11.8 Å². The Balaban J connectivity index is 1.66. The highest BCUT2D eigenvalue weighted by Gasteiger charge is 2.44. The second-order valence-electron chi connectivity index (χ2n) is 7.81. The Morgan fingerprint density at radius 2 is 1.81 bits per heavy atom. The van der Waals surface area contributed by atoms with Crippen molar-refractivity contribution in [2.75, 3.05) is 52.7 Å². The Morgan fingerprint density at radius 3 is 2.44 bits per heavy atom. The summed E-state index contributed by atoms with van der Waals surface area (Å²) in [5.74, 6) is -6.34. The number of ether oxygens (including phenoxy) is 2. The van der Waals surface area contributed by atoms with Crippen LogP contribution in [0, 0.1) is 0 Å². The first-order valence-corrected chi connectivity index (χ1v) is 11.6. The zero-order valence-electron chi connectivity index (χ0n) is 18.7. The maximum Gasteiger partial charge on any atom is 0.491 e. The number of alkyl halides is 3. The van der Waals surface area contributed by atoms with Gasteiger partial charge in [0.05, 0.1) is 24.3 Å². The number of benzene rings is 1. The third-order valence-corrected chi connectivity index (χ3v) is 5.65. The van der Waals surface area contributed by atoms with Gasteiger partial charge in [-0.1, -0.05) is 6.07 Å². The molecule has 2 amide bonds. The zero-order valence-corrected chi connectivity index (χ0v) is 19.5. The summed E-state index contributed by atoms with van der Waals surface area (Å²) in [7, 11) is 0. The first-order valence-electron chi connectivity index (χ1n) is 10.5. The predicted octanol–water partition coefficient (Wildman–Crippen LogP) is 0.160. The van der Waals surface area contributed by atoms with Crippen molar-refractivity contribution in [1.29, 1.82) is 0 Å². The lowest BCUT2D eigenvalue weighted by Crippen LogP contribution is -2.41. The molecule has 0 saturated carbocycles. The topological polar surface area (TPSA) is 143 Å². The number of imide groups is 1. The molecule has 1 fully saturated rings. The highest BCUT2D eigenvalue weighted by atomic mass is 32.2. The third kappa shape index (κ3) is 7.37. The number of halogens is 3. The number of carbonyl (C=O) groups excluding carboxylic acids is 4. The van der Waals surface area contributed by atoms with E-state index in [-0.39, 0.29) is 24.4 Å². The molecule has 1 N–H and O–H groups in total. The van der Waals surface area contributed by atoms with Gasteiger partial charge in [0.1, 0.15) is 13.3 Å². The molecule has 16 heteroatoms. The van der Waals surface area contributed by atoms with Crippen molar-refractivity contribution in [2.24, 2.45) is 0 Å². The van der Waals surface area contributed by atoms with Gasteiger partial charge in [-0.05, 0) is 17.7 Å². The fraction of sp³-hybridized carbons (Fsp3) is 0.500. The van der Waals surface area contributed by atoms with Gasteiger partial charge in [0.2, 0.25) is 0 Å². The number of esters is 2. The summed E-state index contributed by atoms with van der Waals surface area (Å²) >= 11 is -2.50. The molecule has 1 unspecified atom stereocenters. The summed E-state index contributed by atoms with van der Waals surface area (Å²) in [6.07, 6.45) is -5.41. The van der Waals surface area contributed by atoms with Gasteiger partial charge in [-0.25, -0.2) is 9.59 Å². The first kappa shape index (κ1) is 27.8. The Bertz CT molecular complexity index is 1050. The molecule has 3 rings (SSSR count). The van der Waals surface area contributed by atoms with E-state index in [9.17, 15) is 36.6 Å². The van der Waals surface area contributed by atoms with Crippen LogP contribution >= 0.6 is 0 Å². The Hall–Kier alpha value is -2.76. The summed E-state index contributed by atoms with van der Waals surface area (Å²) in [6, 6.07) is 4.22. The van der Waals surface area contributed by atoms with Crippen molar-refractivity contribution in [3.8, 4) is 0 Å². The second kappa shape index (κ2) is 12.0. The Labute approximate surface area is 205 Å². The molecule has 0 aliphatic carbocycles. The van der Waals surface area contributed by atoms with Crippen molar-refractivity contribution < 1.29 is 54.8 Å². The van der Waals surface area contributed by atoms with E-state index in [1.807, 2.05) is 0 Å². The Morgan fingerprint density at radius 1 is 1.14 bits per heavy atom. The van der Waals surface area contributed by atoms with Gasteiger partial charge < -0.3 is 9.47 Å². The summed E-state index contributed by atoms with van der Waals surface area (Å²) in [4.78, 5) is 51.9. The quantitative estimate of drug-likeness (QED) is 0.143. The van der Waals surface area contributed by atoms with E-state index in [0.29, 0.717) is 36.8 Å². The maximum atomic E-state index is 12.7. The number of rotatable bonds is 10. The van der Waals surface area contributed by atoms with Crippen LogP contribution in [0.15, 0.2) is 18.2 Å². The van der Waals surface area contributed by atoms with Gasteiger partial charge in [0.15, 0.2) is 0 Å². The molecule has 0 aromatic heterocycles. The lowest BCUT2D eigenvalue weighted by Gasteiger charge is -2.29. The number of morpholine rings is 1. The molecule has 0 spiro atoms. The van der Waals surface area contributed by atoms with Crippen LogP contribution in [0.5, 0.6) is 0 Å². The fourth-order valence-electron chi connectivity index (χ4n) is 3.58. The van der Waals surface area contributed by atoms with Gasteiger partial charge in [-0.3, -0.25) is 33.0 Å². The summed E-state index contributed by atoms with van der Waals surface area (Å²) in [5, 5.41) is 0. The van der Waals surface area contributed by atoms with E-state index in [2.05, 4.69) is 9.64 Å². The lowest BCUT2D eigenvalue weighted by atomic mass is 10.1. The Kier molecular flexibility index (Phi) is 9.26. The highest BCUT2D eigenvalue weighted by molar-refractivity contribution is 7.74. The van der Waals surface area contributed by atoms with E-state index in [1.165, 1.54) is 18.2 Å². The zero-order chi connectivity index (χ0) is 26.5. The van der Waals surface area contributed by atoms with Crippen LogP contribution in [0.4, 0.5) is 13.2 Å². The molecule has 2 aliphatic heterocycles. The van der Waals surface area contributed by atoms with Crippen molar-refractivity contribution in [3.63, 3.8) is 0 Å². The van der Waals surface area contributed by atoms with Crippen LogP contribution in [0.25, 0.3) is 0 Å². The molecule has 0 radical (unpaired) electrons. The molecule has 198 valence electrons. The molecule has 1 saturated heterocycles. The van der Waals surface area contributed by atoms with E-state index in [1.54, 1.807) is 4.90 Å².